The molecule has 1 aromatic carbocycles. The third-order valence-electron chi connectivity index (χ3n) is 4.51. The lowest BCUT2D eigenvalue weighted by atomic mass is 10.1. The average Bonchev–Trinajstić information content (AvgIpc) is 3.10. The van der Waals surface area contributed by atoms with Gasteiger partial charge in [-0.3, -0.25) is 9.69 Å². The lowest BCUT2D eigenvalue weighted by Gasteiger charge is -2.22. The van der Waals surface area contributed by atoms with E-state index in [0.29, 0.717) is 24.2 Å². The fourth-order valence-electron chi connectivity index (χ4n) is 3.45. The number of hydrogen-bond donors (Lipinski definition) is 2. The Labute approximate surface area is 126 Å². The first-order chi connectivity index (χ1) is 10.3. The molecule has 4 nitrogen and oxygen atoms in total. The van der Waals surface area contributed by atoms with Gasteiger partial charge in [-0.1, -0.05) is 6.08 Å². The summed E-state index contributed by atoms with van der Waals surface area (Å²) >= 11 is 0. The molecule has 0 saturated carbocycles. The fraction of sp³-hybridized carbons (Fsp3) is 0.471. The van der Waals surface area contributed by atoms with E-state index in [0.717, 1.165) is 5.69 Å². The van der Waals surface area contributed by atoms with E-state index < -0.39 is 0 Å². The highest BCUT2D eigenvalue weighted by Gasteiger charge is 2.36. The van der Waals surface area contributed by atoms with Crippen molar-refractivity contribution in [3.8, 4) is 0 Å². The molecule has 2 unspecified atom stereocenters. The van der Waals surface area contributed by atoms with Crippen LogP contribution in [0, 0.1) is 0 Å². The van der Waals surface area contributed by atoms with Crippen molar-refractivity contribution in [1.82, 2.24) is 10.2 Å². The minimum atomic E-state index is -0.0516. The highest BCUT2D eigenvalue weighted by atomic mass is 16.1. The molecule has 21 heavy (non-hydrogen) atoms. The van der Waals surface area contributed by atoms with Crippen LogP contribution in [0.5, 0.6) is 0 Å². The van der Waals surface area contributed by atoms with Crippen molar-refractivity contribution in [3.63, 3.8) is 0 Å². The summed E-state index contributed by atoms with van der Waals surface area (Å²) in [5, 5.41) is 6.42. The molecule has 2 fully saturated rings. The molecule has 0 radical (unpaired) electrons. The van der Waals surface area contributed by atoms with Crippen LogP contribution in [0.1, 0.15) is 29.6 Å². The highest BCUT2D eigenvalue weighted by molar-refractivity contribution is 5.94. The number of amides is 1. The van der Waals surface area contributed by atoms with Gasteiger partial charge in [-0.2, -0.15) is 0 Å². The molecule has 112 valence electrons. The molecular formula is C17H23N3O. The summed E-state index contributed by atoms with van der Waals surface area (Å²) in [4.78, 5) is 14.4. The Hall–Kier alpha value is -1.81. The number of benzene rings is 1. The van der Waals surface area contributed by atoms with E-state index in [1.54, 1.807) is 6.08 Å². The molecule has 0 aliphatic carbocycles. The van der Waals surface area contributed by atoms with Crippen LogP contribution in [0.2, 0.25) is 0 Å². The number of anilines is 1. The van der Waals surface area contributed by atoms with Crippen LogP contribution in [0.15, 0.2) is 36.9 Å². The minimum absolute atomic E-state index is 0.0516. The Balaban J connectivity index is 1.59. The largest absolute Gasteiger partial charge is 0.381 e. The maximum atomic E-state index is 11.8. The molecule has 2 aliphatic rings. The van der Waals surface area contributed by atoms with E-state index in [9.17, 15) is 4.79 Å². The van der Waals surface area contributed by atoms with E-state index in [2.05, 4.69) is 22.1 Å². The summed E-state index contributed by atoms with van der Waals surface area (Å²) in [6.45, 7) is 6.56. The van der Waals surface area contributed by atoms with E-state index >= 15 is 0 Å². The maximum absolute atomic E-state index is 11.8. The standard InChI is InChI=1S/C17H23N3O/c1-2-10-18-17(21)13-5-7-14(8-6-13)19-15-9-12-20-11-3-4-16(15)20/h2,5-8,15-16,19H,1,3-4,9-12H2,(H,18,21). The Morgan fingerprint density at radius 1 is 1.29 bits per heavy atom. The van der Waals surface area contributed by atoms with Crippen molar-refractivity contribution in [1.29, 1.82) is 0 Å². The van der Waals surface area contributed by atoms with Crippen LogP contribution < -0.4 is 10.6 Å². The first-order valence-corrected chi connectivity index (χ1v) is 7.77. The van der Waals surface area contributed by atoms with Crippen LogP contribution in [0.4, 0.5) is 5.69 Å². The molecule has 2 aliphatic heterocycles. The molecule has 2 saturated heterocycles. The lowest BCUT2D eigenvalue weighted by Crippen LogP contribution is -2.33. The zero-order valence-corrected chi connectivity index (χ0v) is 12.3. The number of fused-ring (bicyclic) bond motifs is 1. The number of rotatable bonds is 5. The third kappa shape index (κ3) is 3.10. The maximum Gasteiger partial charge on any atom is 0.251 e. The quantitative estimate of drug-likeness (QED) is 0.816. The van der Waals surface area contributed by atoms with Crippen LogP contribution >= 0.6 is 0 Å². The summed E-state index contributed by atoms with van der Waals surface area (Å²) < 4.78 is 0. The monoisotopic (exact) mass is 285 g/mol. The predicted octanol–water partition coefficient (Wildman–Crippen LogP) is 2.25. The average molecular weight is 285 g/mol. The molecule has 0 spiro atoms. The fourth-order valence-corrected chi connectivity index (χ4v) is 3.45. The van der Waals surface area contributed by atoms with Gasteiger partial charge in [0.15, 0.2) is 0 Å². The van der Waals surface area contributed by atoms with Gasteiger partial charge in [-0.15, -0.1) is 6.58 Å². The van der Waals surface area contributed by atoms with Crippen LogP contribution in [-0.4, -0.2) is 42.5 Å². The molecule has 0 bridgehead atoms. The van der Waals surface area contributed by atoms with Crippen molar-refractivity contribution in [2.75, 3.05) is 25.0 Å². The highest BCUT2D eigenvalue weighted by Crippen LogP contribution is 2.30. The predicted molar refractivity (Wildman–Crippen MR) is 85.6 cm³/mol. The molecule has 0 aromatic heterocycles. The van der Waals surface area contributed by atoms with Crippen LogP contribution in [0.25, 0.3) is 0 Å². The number of carbonyl (C=O) groups is 1. The molecule has 2 atom stereocenters. The summed E-state index contributed by atoms with van der Waals surface area (Å²) in [5.74, 6) is -0.0516. The van der Waals surface area contributed by atoms with E-state index in [4.69, 9.17) is 0 Å². The third-order valence-corrected chi connectivity index (χ3v) is 4.51. The van der Waals surface area contributed by atoms with Crippen molar-refractivity contribution in [2.24, 2.45) is 0 Å². The van der Waals surface area contributed by atoms with E-state index in [-0.39, 0.29) is 5.91 Å². The van der Waals surface area contributed by atoms with E-state index in [1.165, 1.54) is 32.4 Å². The molecule has 2 N–H and O–H groups in total. The Kier molecular flexibility index (Phi) is 4.25. The second-order valence-electron chi connectivity index (χ2n) is 5.86. The van der Waals surface area contributed by atoms with Crippen molar-refractivity contribution < 1.29 is 4.79 Å². The van der Waals surface area contributed by atoms with Gasteiger partial charge >= 0.3 is 0 Å². The molecule has 3 rings (SSSR count). The van der Waals surface area contributed by atoms with Gasteiger partial charge in [0.1, 0.15) is 0 Å². The van der Waals surface area contributed by atoms with Gasteiger partial charge in [0, 0.05) is 36.4 Å². The van der Waals surface area contributed by atoms with Crippen molar-refractivity contribution in [2.45, 2.75) is 31.3 Å². The van der Waals surface area contributed by atoms with Crippen molar-refractivity contribution in [3.05, 3.63) is 42.5 Å². The first-order valence-electron chi connectivity index (χ1n) is 7.77. The van der Waals surface area contributed by atoms with Crippen LogP contribution in [-0.2, 0) is 0 Å². The summed E-state index contributed by atoms with van der Waals surface area (Å²) in [6.07, 6.45) is 5.53. The van der Waals surface area contributed by atoms with Crippen LogP contribution in [0.3, 0.4) is 0 Å². The molecule has 1 aromatic rings. The van der Waals surface area contributed by atoms with Gasteiger partial charge in [0.05, 0.1) is 0 Å². The van der Waals surface area contributed by atoms with Crippen molar-refractivity contribution >= 4 is 11.6 Å². The van der Waals surface area contributed by atoms with Gasteiger partial charge in [-0.25, -0.2) is 0 Å². The second kappa shape index (κ2) is 6.31. The molecule has 4 heteroatoms. The SMILES string of the molecule is C=CCNC(=O)c1ccc(NC2CCN3CCCC23)cc1. The zero-order valence-electron chi connectivity index (χ0n) is 12.3. The number of carbonyl (C=O) groups excluding carboxylic acids is 1. The van der Waals surface area contributed by atoms with E-state index in [1.807, 2.05) is 24.3 Å². The Bertz CT molecular complexity index is 511. The van der Waals surface area contributed by atoms with Gasteiger partial charge in [0.2, 0.25) is 0 Å². The van der Waals surface area contributed by atoms with Gasteiger partial charge < -0.3 is 10.6 Å². The lowest BCUT2D eigenvalue weighted by molar-refractivity contribution is 0.0958. The summed E-state index contributed by atoms with van der Waals surface area (Å²) in [6, 6.07) is 9.00. The first kappa shape index (κ1) is 14.1. The van der Waals surface area contributed by atoms with Gasteiger partial charge in [-0.05, 0) is 50.1 Å². The number of hydrogen-bond acceptors (Lipinski definition) is 3. The topological polar surface area (TPSA) is 44.4 Å². The normalized spacial score (nSPS) is 24.6. The molecule has 2 heterocycles. The summed E-state index contributed by atoms with van der Waals surface area (Å²) in [7, 11) is 0. The minimum Gasteiger partial charge on any atom is -0.381 e. The number of nitrogens with one attached hydrogen (secondary N) is 2. The number of nitrogens with zero attached hydrogens (tertiary/aromatic N) is 1. The second-order valence-corrected chi connectivity index (χ2v) is 5.86. The zero-order chi connectivity index (χ0) is 14.7. The Morgan fingerprint density at radius 2 is 2.10 bits per heavy atom. The molecule has 1 amide bonds. The molecular weight excluding hydrogens is 262 g/mol. The smallest absolute Gasteiger partial charge is 0.251 e. The Morgan fingerprint density at radius 3 is 2.86 bits per heavy atom. The summed E-state index contributed by atoms with van der Waals surface area (Å²) in [5.41, 5.74) is 1.80. The van der Waals surface area contributed by atoms with Gasteiger partial charge in [0.25, 0.3) is 5.91 Å².